The largest absolute Gasteiger partial charge is 0.296 e. The number of aromatic nitrogens is 2. The summed E-state index contributed by atoms with van der Waals surface area (Å²) in [5.41, 5.74) is 0.483. The van der Waals surface area contributed by atoms with E-state index >= 15 is 0 Å². The molecule has 0 aliphatic carbocycles. The van der Waals surface area contributed by atoms with Gasteiger partial charge in [-0.05, 0) is 15.9 Å². The number of nitrogens with one attached hydrogen (secondary N) is 1. The Morgan fingerprint density at radius 3 is 2.88 bits per heavy atom. The predicted molar refractivity (Wildman–Crippen MR) is 31.7 cm³/mol. The minimum absolute atomic E-state index is 0.483. The standard InChI is InChI=1S/C4H3BrN2O/c5-4-1-3(2-8)6-7-4/h1-2H,(H,6,7). The van der Waals surface area contributed by atoms with E-state index in [1.807, 2.05) is 0 Å². The molecule has 0 unspecified atom stereocenters. The van der Waals surface area contributed by atoms with Crippen LogP contribution < -0.4 is 0 Å². The highest BCUT2D eigenvalue weighted by molar-refractivity contribution is 9.10. The quantitative estimate of drug-likeness (QED) is 0.646. The van der Waals surface area contributed by atoms with Gasteiger partial charge in [0, 0.05) is 6.07 Å². The van der Waals surface area contributed by atoms with Crippen LogP contribution in [0, 0.1) is 0 Å². The third-order valence-corrected chi connectivity index (χ3v) is 1.10. The molecule has 1 aromatic rings. The Kier molecular flexibility index (Phi) is 1.43. The highest BCUT2D eigenvalue weighted by Crippen LogP contribution is 2.03. The van der Waals surface area contributed by atoms with Crippen LogP contribution in [-0.2, 0) is 0 Å². The average Bonchev–Trinajstić information content (AvgIpc) is 2.14. The highest BCUT2D eigenvalue weighted by Gasteiger charge is 1.91. The van der Waals surface area contributed by atoms with Crippen molar-refractivity contribution in [2.75, 3.05) is 0 Å². The Morgan fingerprint density at radius 1 is 1.88 bits per heavy atom. The van der Waals surface area contributed by atoms with E-state index in [1.165, 1.54) is 0 Å². The van der Waals surface area contributed by atoms with Crippen molar-refractivity contribution in [1.82, 2.24) is 10.2 Å². The van der Waals surface area contributed by atoms with Crippen molar-refractivity contribution in [2.45, 2.75) is 0 Å². The Balaban J connectivity index is 3.00. The molecule has 8 heavy (non-hydrogen) atoms. The summed E-state index contributed by atoms with van der Waals surface area (Å²) in [6, 6.07) is 1.60. The average molecular weight is 175 g/mol. The summed E-state index contributed by atoms with van der Waals surface area (Å²) in [4.78, 5) is 9.93. The number of aromatic amines is 1. The minimum atomic E-state index is 0.483. The van der Waals surface area contributed by atoms with Crippen LogP contribution in [-0.4, -0.2) is 16.5 Å². The molecule has 0 aliphatic rings. The first kappa shape index (κ1) is 5.50. The number of H-pyrrole nitrogens is 1. The van der Waals surface area contributed by atoms with Crippen LogP contribution in [0.5, 0.6) is 0 Å². The van der Waals surface area contributed by atoms with Crippen molar-refractivity contribution < 1.29 is 4.79 Å². The molecule has 1 rings (SSSR count). The third kappa shape index (κ3) is 0.949. The first-order valence-corrected chi connectivity index (χ1v) is 2.78. The third-order valence-electron chi connectivity index (χ3n) is 0.693. The Bertz CT molecular complexity index is 196. The molecule has 0 atom stereocenters. The van der Waals surface area contributed by atoms with Crippen molar-refractivity contribution in [3.05, 3.63) is 16.4 Å². The SMILES string of the molecule is O=Cc1cc(Br)n[nH]1. The number of carbonyl (C=O) groups is 1. The molecule has 0 radical (unpaired) electrons. The van der Waals surface area contributed by atoms with Crippen LogP contribution in [0.2, 0.25) is 0 Å². The van der Waals surface area contributed by atoms with E-state index in [0.717, 1.165) is 0 Å². The smallest absolute Gasteiger partial charge is 0.167 e. The zero-order chi connectivity index (χ0) is 5.98. The molecule has 0 saturated carbocycles. The highest BCUT2D eigenvalue weighted by atomic mass is 79.9. The zero-order valence-corrected chi connectivity index (χ0v) is 5.47. The van der Waals surface area contributed by atoms with Gasteiger partial charge < -0.3 is 0 Å². The molecule has 1 aromatic heterocycles. The molecule has 3 nitrogen and oxygen atoms in total. The number of halogens is 1. The van der Waals surface area contributed by atoms with Crippen LogP contribution in [0.3, 0.4) is 0 Å². The summed E-state index contributed by atoms with van der Waals surface area (Å²) in [6.07, 6.45) is 0.706. The maximum absolute atomic E-state index is 9.93. The lowest BCUT2D eigenvalue weighted by atomic mass is 10.5. The molecule has 4 heteroatoms. The van der Waals surface area contributed by atoms with E-state index in [1.54, 1.807) is 6.07 Å². The predicted octanol–water partition coefficient (Wildman–Crippen LogP) is 0.985. The molecular weight excluding hydrogens is 172 g/mol. The van der Waals surface area contributed by atoms with Gasteiger partial charge in [-0.15, -0.1) is 0 Å². The molecule has 0 amide bonds. The van der Waals surface area contributed by atoms with Gasteiger partial charge in [-0.2, -0.15) is 5.10 Å². The van der Waals surface area contributed by atoms with Gasteiger partial charge in [0.05, 0.1) is 5.69 Å². The van der Waals surface area contributed by atoms with E-state index in [0.29, 0.717) is 16.6 Å². The fraction of sp³-hybridized carbons (Fsp3) is 0. The molecule has 0 saturated heterocycles. The number of carbonyl (C=O) groups excluding carboxylic acids is 1. The number of nitrogens with zero attached hydrogens (tertiary/aromatic N) is 1. The lowest BCUT2D eigenvalue weighted by Crippen LogP contribution is -1.75. The lowest BCUT2D eigenvalue weighted by Gasteiger charge is -1.67. The molecule has 1 heterocycles. The molecular formula is C4H3BrN2O. The van der Waals surface area contributed by atoms with Gasteiger partial charge in [0.1, 0.15) is 4.60 Å². The molecule has 0 bridgehead atoms. The van der Waals surface area contributed by atoms with E-state index in [4.69, 9.17) is 0 Å². The maximum atomic E-state index is 9.93. The second-order valence-electron chi connectivity index (χ2n) is 1.26. The van der Waals surface area contributed by atoms with E-state index in [9.17, 15) is 4.79 Å². The van der Waals surface area contributed by atoms with E-state index in [2.05, 4.69) is 26.1 Å². The molecule has 42 valence electrons. The van der Waals surface area contributed by atoms with Gasteiger partial charge in [-0.25, -0.2) is 0 Å². The van der Waals surface area contributed by atoms with E-state index in [-0.39, 0.29) is 0 Å². The second-order valence-corrected chi connectivity index (χ2v) is 2.08. The van der Waals surface area contributed by atoms with Crippen molar-refractivity contribution >= 4 is 22.2 Å². The van der Waals surface area contributed by atoms with Crippen LogP contribution in [0.4, 0.5) is 0 Å². The van der Waals surface area contributed by atoms with Gasteiger partial charge in [-0.1, -0.05) is 0 Å². The summed E-state index contributed by atoms with van der Waals surface area (Å²) in [5.74, 6) is 0. The molecule has 1 N–H and O–H groups in total. The Hall–Kier alpha value is -0.640. The second kappa shape index (κ2) is 2.09. The minimum Gasteiger partial charge on any atom is -0.296 e. The van der Waals surface area contributed by atoms with Gasteiger partial charge in [0.25, 0.3) is 0 Å². The van der Waals surface area contributed by atoms with Crippen molar-refractivity contribution in [3.63, 3.8) is 0 Å². The molecule has 0 aliphatic heterocycles. The topological polar surface area (TPSA) is 45.8 Å². The summed E-state index contributed by atoms with van der Waals surface area (Å²) in [5, 5.41) is 6.14. The van der Waals surface area contributed by atoms with Gasteiger partial charge in [0.15, 0.2) is 6.29 Å². The van der Waals surface area contributed by atoms with Gasteiger partial charge in [0.2, 0.25) is 0 Å². The summed E-state index contributed by atoms with van der Waals surface area (Å²) < 4.78 is 0.652. The first-order chi connectivity index (χ1) is 3.83. The maximum Gasteiger partial charge on any atom is 0.167 e. The molecule has 0 spiro atoms. The van der Waals surface area contributed by atoms with Gasteiger partial charge >= 0.3 is 0 Å². The normalized spacial score (nSPS) is 9.12. The summed E-state index contributed by atoms with van der Waals surface area (Å²) in [6.45, 7) is 0. The van der Waals surface area contributed by atoms with Gasteiger partial charge in [-0.3, -0.25) is 9.89 Å². The van der Waals surface area contributed by atoms with Crippen molar-refractivity contribution in [1.29, 1.82) is 0 Å². The Labute approximate surface area is 54.2 Å². The summed E-state index contributed by atoms with van der Waals surface area (Å²) >= 11 is 3.07. The van der Waals surface area contributed by atoms with Crippen molar-refractivity contribution in [3.8, 4) is 0 Å². The molecule has 0 aromatic carbocycles. The summed E-state index contributed by atoms with van der Waals surface area (Å²) in [7, 11) is 0. The van der Waals surface area contributed by atoms with Crippen LogP contribution in [0.25, 0.3) is 0 Å². The lowest BCUT2D eigenvalue weighted by molar-refractivity contribution is 0.111. The Morgan fingerprint density at radius 2 is 2.62 bits per heavy atom. The monoisotopic (exact) mass is 174 g/mol. The fourth-order valence-electron chi connectivity index (χ4n) is 0.371. The van der Waals surface area contributed by atoms with E-state index < -0.39 is 0 Å². The number of rotatable bonds is 1. The zero-order valence-electron chi connectivity index (χ0n) is 3.89. The first-order valence-electron chi connectivity index (χ1n) is 1.99. The van der Waals surface area contributed by atoms with Crippen molar-refractivity contribution in [2.24, 2.45) is 0 Å². The number of hydrogen-bond acceptors (Lipinski definition) is 2. The number of hydrogen-bond donors (Lipinski definition) is 1. The number of aldehydes is 1. The van der Waals surface area contributed by atoms with Crippen LogP contribution in [0.1, 0.15) is 10.5 Å². The van der Waals surface area contributed by atoms with Crippen LogP contribution in [0.15, 0.2) is 10.7 Å². The fourth-order valence-corrected chi connectivity index (χ4v) is 0.706. The molecule has 0 fully saturated rings. The van der Waals surface area contributed by atoms with Crippen LogP contribution >= 0.6 is 15.9 Å².